The predicted molar refractivity (Wildman–Crippen MR) is 59.1 cm³/mol. The van der Waals surface area contributed by atoms with Crippen molar-refractivity contribution in [3.8, 4) is 0 Å². The van der Waals surface area contributed by atoms with Gasteiger partial charge in [-0.1, -0.05) is 0 Å². The highest BCUT2D eigenvalue weighted by molar-refractivity contribution is 7.92. The van der Waals surface area contributed by atoms with Gasteiger partial charge in [0.15, 0.2) is 0 Å². The summed E-state index contributed by atoms with van der Waals surface area (Å²) in [6.45, 7) is 0. The Morgan fingerprint density at radius 3 is 2.10 bits per heavy atom. The summed E-state index contributed by atoms with van der Waals surface area (Å²) in [7, 11) is -6.21. The number of rotatable bonds is 4. The van der Waals surface area contributed by atoms with Gasteiger partial charge in [-0.2, -0.15) is 22.0 Å². The number of nitrogen functional groups attached to an aromatic ring is 1. The lowest BCUT2D eigenvalue weighted by Crippen LogP contribution is -2.43. The zero-order valence-corrected chi connectivity index (χ0v) is 10.5. The van der Waals surface area contributed by atoms with Gasteiger partial charge in [-0.3, -0.25) is 16.0 Å². The minimum Gasteiger partial charge on any atom is -0.318 e. The maximum absolute atomic E-state index is 13.0. The molecule has 0 atom stereocenters. The number of hydrazine groups is 1. The number of alkyl halides is 5. The topological polar surface area (TPSA) is 115 Å². The zero-order chi connectivity index (χ0) is 16.6. The summed E-state index contributed by atoms with van der Waals surface area (Å²) in [6.07, 6.45) is -6.37. The summed E-state index contributed by atoms with van der Waals surface area (Å²) >= 11 is 0. The summed E-state index contributed by atoms with van der Waals surface area (Å²) < 4.78 is 85.0. The number of nitrogens with two attached hydrogens (primary N) is 1. The first-order valence-corrected chi connectivity index (χ1v) is 6.29. The summed E-state index contributed by atoms with van der Waals surface area (Å²) in [4.78, 5) is 7.86. The molecule has 0 saturated carbocycles. The fourth-order valence-corrected chi connectivity index (χ4v) is 2.37. The van der Waals surface area contributed by atoms with Crippen LogP contribution >= 0.6 is 0 Å². The monoisotopic (exact) mass is 335 g/mol. The van der Waals surface area contributed by atoms with Crippen LogP contribution in [0.5, 0.6) is 0 Å². The van der Waals surface area contributed by atoms with Gasteiger partial charge in [0.05, 0.1) is 9.82 Å². The third kappa shape index (κ3) is 2.73. The van der Waals surface area contributed by atoms with E-state index >= 15 is 0 Å². The highest BCUT2D eigenvalue weighted by Gasteiger charge is 2.67. The fourth-order valence-electron chi connectivity index (χ4n) is 1.25. The van der Waals surface area contributed by atoms with Crippen LogP contribution in [0.3, 0.4) is 0 Å². The van der Waals surface area contributed by atoms with Crippen molar-refractivity contribution in [2.75, 3.05) is 5.43 Å². The van der Waals surface area contributed by atoms with Crippen LogP contribution in [0, 0.1) is 10.1 Å². The molecule has 13 heteroatoms. The van der Waals surface area contributed by atoms with Gasteiger partial charge < -0.3 is 5.43 Å². The van der Waals surface area contributed by atoms with Gasteiger partial charge >= 0.3 is 11.4 Å². The summed E-state index contributed by atoms with van der Waals surface area (Å²) in [5, 5.41) is 4.52. The van der Waals surface area contributed by atoms with Crippen LogP contribution in [0.15, 0.2) is 23.1 Å². The zero-order valence-electron chi connectivity index (χ0n) is 9.69. The van der Waals surface area contributed by atoms with E-state index < -0.39 is 42.5 Å². The number of anilines is 1. The van der Waals surface area contributed by atoms with Crippen LogP contribution in [0.25, 0.3) is 0 Å². The lowest BCUT2D eigenvalue weighted by atomic mass is 10.3. The number of halogens is 5. The maximum atomic E-state index is 13.0. The third-order valence-corrected chi connectivity index (χ3v) is 4.08. The number of benzene rings is 1. The van der Waals surface area contributed by atoms with Crippen molar-refractivity contribution in [1.82, 2.24) is 0 Å². The Morgan fingerprint density at radius 2 is 1.71 bits per heavy atom. The van der Waals surface area contributed by atoms with Crippen molar-refractivity contribution in [3.05, 3.63) is 28.3 Å². The number of nitrogens with zero attached hydrogens (tertiary/aromatic N) is 1. The van der Waals surface area contributed by atoms with Crippen LogP contribution in [-0.2, 0) is 9.84 Å². The average Bonchev–Trinajstić information content (AvgIpc) is 2.36. The Kier molecular flexibility index (Phi) is 4.11. The Bertz CT molecular complexity index is 673. The van der Waals surface area contributed by atoms with E-state index in [1.54, 1.807) is 5.43 Å². The van der Waals surface area contributed by atoms with E-state index in [-0.39, 0.29) is 6.07 Å². The lowest BCUT2D eigenvalue weighted by Gasteiger charge is -2.19. The van der Waals surface area contributed by atoms with Crippen LogP contribution in [-0.4, -0.2) is 24.8 Å². The molecule has 0 aliphatic rings. The molecule has 0 aromatic heterocycles. The molecule has 1 aromatic carbocycles. The second-order valence-corrected chi connectivity index (χ2v) is 5.59. The molecule has 3 N–H and O–H groups in total. The molecule has 0 saturated heterocycles. The first-order valence-electron chi connectivity index (χ1n) is 4.80. The summed E-state index contributed by atoms with van der Waals surface area (Å²) in [6, 6.07) is 0.999. The number of hydrogen-bond donors (Lipinski definition) is 2. The second kappa shape index (κ2) is 5.07. The molecule has 0 bridgehead atoms. The largest absolute Gasteiger partial charge is 0.469 e. The highest BCUT2D eigenvalue weighted by atomic mass is 32.2. The number of nitro groups is 1. The molecule has 0 aliphatic heterocycles. The normalized spacial score (nSPS) is 13.0. The highest BCUT2D eigenvalue weighted by Crippen LogP contribution is 2.43. The van der Waals surface area contributed by atoms with Crippen molar-refractivity contribution < 1.29 is 35.3 Å². The Balaban J connectivity index is 3.54. The first-order chi connectivity index (χ1) is 9.36. The van der Waals surface area contributed by atoms with Gasteiger partial charge in [0.25, 0.3) is 15.5 Å². The van der Waals surface area contributed by atoms with E-state index in [2.05, 4.69) is 0 Å². The van der Waals surface area contributed by atoms with Crippen LogP contribution in [0.2, 0.25) is 0 Å². The minimum absolute atomic E-state index is 0.0597. The van der Waals surface area contributed by atoms with Gasteiger partial charge in [0, 0.05) is 6.07 Å². The maximum Gasteiger partial charge on any atom is 0.469 e. The van der Waals surface area contributed by atoms with E-state index in [0.29, 0.717) is 12.1 Å². The molecule has 0 fully saturated rings. The van der Waals surface area contributed by atoms with Crippen molar-refractivity contribution >= 4 is 21.2 Å². The molecule has 118 valence electrons. The second-order valence-electron chi connectivity index (χ2n) is 3.60. The molecule has 0 spiro atoms. The van der Waals surface area contributed by atoms with Crippen molar-refractivity contribution in [2.45, 2.75) is 16.3 Å². The molecule has 0 radical (unpaired) electrons. The molecule has 0 heterocycles. The van der Waals surface area contributed by atoms with Crippen LogP contribution in [0.4, 0.5) is 33.3 Å². The molecule has 21 heavy (non-hydrogen) atoms. The quantitative estimate of drug-likeness (QED) is 0.375. The smallest absolute Gasteiger partial charge is 0.318 e. The van der Waals surface area contributed by atoms with Gasteiger partial charge in [0.2, 0.25) is 0 Å². The predicted octanol–water partition coefficient (Wildman–Crippen LogP) is 1.81. The summed E-state index contributed by atoms with van der Waals surface area (Å²) in [5.74, 6) is 4.87. The SMILES string of the molecule is NNc1ccc(S(=O)(=O)C(F)(F)C(F)(F)F)cc1[N+](=O)[O-]. The number of hydrogen-bond acceptors (Lipinski definition) is 6. The molecule has 1 aromatic rings. The van der Waals surface area contributed by atoms with Crippen LogP contribution in [0.1, 0.15) is 0 Å². The Morgan fingerprint density at radius 1 is 1.19 bits per heavy atom. The van der Waals surface area contributed by atoms with Crippen LogP contribution < -0.4 is 11.3 Å². The third-order valence-electron chi connectivity index (χ3n) is 2.30. The van der Waals surface area contributed by atoms with E-state index in [0.717, 1.165) is 0 Å². The summed E-state index contributed by atoms with van der Waals surface area (Å²) in [5.41, 5.74) is 0.242. The Labute approximate surface area is 113 Å². The minimum atomic E-state index is -6.37. The molecule has 0 amide bonds. The van der Waals surface area contributed by atoms with Crippen molar-refractivity contribution in [1.29, 1.82) is 0 Å². The average molecular weight is 335 g/mol. The molecule has 7 nitrogen and oxygen atoms in total. The number of nitro benzene ring substituents is 1. The molecule has 0 aliphatic carbocycles. The standard InChI is InChI=1S/C8H6F5N3O4S/c9-7(10,11)8(12,13)21(19,20)4-1-2-5(15-14)6(3-4)16(17)18/h1-3,15H,14H2. The van der Waals surface area contributed by atoms with Gasteiger partial charge in [-0.05, 0) is 12.1 Å². The molecular weight excluding hydrogens is 329 g/mol. The van der Waals surface area contributed by atoms with Gasteiger partial charge in [-0.25, -0.2) is 8.42 Å². The van der Waals surface area contributed by atoms with Crippen molar-refractivity contribution in [2.24, 2.45) is 5.84 Å². The first kappa shape index (κ1) is 17.0. The van der Waals surface area contributed by atoms with Gasteiger partial charge in [0.1, 0.15) is 5.69 Å². The van der Waals surface area contributed by atoms with Crippen molar-refractivity contribution in [3.63, 3.8) is 0 Å². The molecule has 1 rings (SSSR count). The number of nitrogens with one attached hydrogen (secondary N) is 1. The van der Waals surface area contributed by atoms with E-state index in [9.17, 15) is 40.5 Å². The van der Waals surface area contributed by atoms with E-state index in [1.165, 1.54) is 0 Å². The van der Waals surface area contributed by atoms with Gasteiger partial charge in [-0.15, -0.1) is 0 Å². The van der Waals surface area contributed by atoms with E-state index in [1.807, 2.05) is 0 Å². The Hall–Kier alpha value is -2.02. The molecular formula is C8H6F5N3O4S. The lowest BCUT2D eigenvalue weighted by molar-refractivity contribution is -0.384. The molecule has 0 unspecified atom stereocenters. The fraction of sp³-hybridized carbons (Fsp3) is 0.250. The number of sulfone groups is 1. The van der Waals surface area contributed by atoms with E-state index in [4.69, 9.17) is 5.84 Å².